The monoisotopic (exact) mass is 499 g/mol. The smallest absolute Gasteiger partial charge is 0.385 e. The van der Waals surface area contributed by atoms with Gasteiger partial charge < -0.3 is 30.5 Å². The normalized spacial score (nSPS) is 20.5. The van der Waals surface area contributed by atoms with Gasteiger partial charge in [0.15, 0.2) is 0 Å². The van der Waals surface area contributed by atoms with Crippen LogP contribution in [0.1, 0.15) is 24.2 Å². The van der Waals surface area contributed by atoms with Crippen LogP contribution >= 0.6 is 0 Å². The zero-order valence-electron chi connectivity index (χ0n) is 19.5. The largest absolute Gasteiger partial charge is 0.428 e. The summed E-state index contributed by atoms with van der Waals surface area (Å²) in [5, 5.41) is 17.3. The highest BCUT2D eigenvalue weighted by molar-refractivity contribution is 5.96. The zero-order chi connectivity index (χ0) is 25.4. The minimum atomic E-state index is -4.80. The fourth-order valence-corrected chi connectivity index (χ4v) is 3.72. The lowest BCUT2D eigenvalue weighted by Crippen LogP contribution is -2.53. The number of halogens is 3. The van der Waals surface area contributed by atoms with Crippen LogP contribution in [0.15, 0.2) is 47.7 Å². The SMILES string of the molecule is CC1=CC(C(=O)N2CCOC[C@H]2CNCOCc2ccc(C(N)NC(O)C(F)(F)F)cc2)=CCN1. The molecule has 1 amide bonds. The van der Waals surface area contributed by atoms with Crippen molar-refractivity contribution in [3.63, 3.8) is 0 Å². The molecule has 0 radical (unpaired) electrons. The first kappa shape index (κ1) is 27.1. The Morgan fingerprint density at radius 2 is 2.11 bits per heavy atom. The highest BCUT2D eigenvalue weighted by Gasteiger charge is 2.39. The summed E-state index contributed by atoms with van der Waals surface area (Å²) in [5.41, 5.74) is 8.51. The molecule has 0 aromatic heterocycles. The third-order valence-corrected chi connectivity index (χ3v) is 5.65. The number of morpholine rings is 1. The lowest BCUT2D eigenvalue weighted by molar-refractivity contribution is -0.216. The van der Waals surface area contributed by atoms with Crippen LogP contribution in [-0.2, 0) is 20.9 Å². The Morgan fingerprint density at radius 3 is 2.80 bits per heavy atom. The number of amides is 1. The van der Waals surface area contributed by atoms with Crippen LogP contribution in [0, 0.1) is 0 Å². The summed E-state index contributed by atoms with van der Waals surface area (Å²) in [6.45, 7) is 5.02. The molecule has 3 atom stereocenters. The van der Waals surface area contributed by atoms with Gasteiger partial charge in [-0.2, -0.15) is 13.2 Å². The number of nitrogens with one attached hydrogen (secondary N) is 3. The molecule has 3 rings (SSSR count). The first-order valence-electron chi connectivity index (χ1n) is 11.3. The second-order valence-corrected chi connectivity index (χ2v) is 8.37. The van der Waals surface area contributed by atoms with Gasteiger partial charge in [0.1, 0.15) is 0 Å². The van der Waals surface area contributed by atoms with Gasteiger partial charge in [-0.05, 0) is 24.1 Å². The molecule has 0 saturated carbocycles. The van der Waals surface area contributed by atoms with E-state index in [9.17, 15) is 18.0 Å². The number of allylic oxidation sites excluding steroid dienone is 1. The van der Waals surface area contributed by atoms with E-state index < -0.39 is 18.6 Å². The molecule has 194 valence electrons. The van der Waals surface area contributed by atoms with Crippen molar-refractivity contribution in [2.45, 2.75) is 38.1 Å². The Bertz CT molecular complexity index is 907. The third-order valence-electron chi connectivity index (χ3n) is 5.65. The maximum atomic E-state index is 13.0. The van der Waals surface area contributed by atoms with E-state index in [-0.39, 0.29) is 25.3 Å². The fourth-order valence-electron chi connectivity index (χ4n) is 3.72. The van der Waals surface area contributed by atoms with Crippen LogP contribution in [-0.4, -0.2) is 73.9 Å². The Balaban J connectivity index is 1.41. The van der Waals surface area contributed by atoms with Gasteiger partial charge in [0, 0.05) is 30.9 Å². The molecule has 6 N–H and O–H groups in total. The number of benzene rings is 1. The highest BCUT2D eigenvalue weighted by Crippen LogP contribution is 2.20. The van der Waals surface area contributed by atoms with E-state index in [1.54, 1.807) is 24.3 Å². The molecular formula is C23H32F3N5O4. The van der Waals surface area contributed by atoms with E-state index in [4.69, 9.17) is 20.3 Å². The van der Waals surface area contributed by atoms with Crippen molar-refractivity contribution in [2.24, 2.45) is 5.73 Å². The standard InChI is InChI=1S/C23H32F3N5O4/c1-15-10-18(6-7-29-15)21(32)31-8-9-34-13-19(31)11-28-14-35-12-16-2-4-17(5-3-16)20(27)30-22(33)23(24,25)26/h2-6,10,19-20,22,28-30,33H,7-9,11-14,27H2,1H3/t19-,20?,22?/m1/s1. The molecule has 2 aliphatic heterocycles. The molecule has 2 heterocycles. The number of rotatable bonds is 10. The summed E-state index contributed by atoms with van der Waals surface area (Å²) in [6.07, 6.45) is -4.95. The van der Waals surface area contributed by atoms with Gasteiger partial charge in [-0.15, -0.1) is 0 Å². The van der Waals surface area contributed by atoms with Crippen molar-refractivity contribution in [1.29, 1.82) is 0 Å². The molecule has 2 unspecified atom stereocenters. The Kier molecular flexibility index (Phi) is 9.66. The number of nitrogens with zero attached hydrogens (tertiary/aromatic N) is 1. The molecule has 1 aromatic rings. The van der Waals surface area contributed by atoms with E-state index in [1.165, 1.54) is 0 Å². The molecule has 0 aliphatic carbocycles. The maximum absolute atomic E-state index is 13.0. The number of aliphatic hydroxyl groups excluding tert-OH is 1. The lowest BCUT2D eigenvalue weighted by atomic mass is 10.1. The molecule has 12 heteroatoms. The molecule has 2 aliphatic rings. The zero-order valence-corrected chi connectivity index (χ0v) is 19.5. The third kappa shape index (κ3) is 8.02. The van der Waals surface area contributed by atoms with Crippen LogP contribution in [0.5, 0.6) is 0 Å². The summed E-state index contributed by atoms with van der Waals surface area (Å²) in [6, 6.07) is 6.40. The summed E-state index contributed by atoms with van der Waals surface area (Å²) >= 11 is 0. The molecule has 9 nitrogen and oxygen atoms in total. The molecule has 1 fully saturated rings. The van der Waals surface area contributed by atoms with E-state index >= 15 is 0 Å². The fraction of sp³-hybridized carbons (Fsp3) is 0.522. The van der Waals surface area contributed by atoms with Crippen molar-refractivity contribution >= 4 is 5.91 Å². The Morgan fingerprint density at radius 1 is 1.37 bits per heavy atom. The van der Waals surface area contributed by atoms with Crippen molar-refractivity contribution in [3.8, 4) is 0 Å². The summed E-state index contributed by atoms with van der Waals surface area (Å²) < 4.78 is 48.5. The van der Waals surface area contributed by atoms with Crippen molar-refractivity contribution in [3.05, 3.63) is 58.8 Å². The van der Waals surface area contributed by atoms with Crippen LogP contribution in [0.4, 0.5) is 13.2 Å². The second-order valence-electron chi connectivity index (χ2n) is 8.37. The Hall–Kier alpha value is -2.48. The van der Waals surface area contributed by atoms with E-state index in [2.05, 4.69) is 10.6 Å². The molecule has 35 heavy (non-hydrogen) atoms. The van der Waals surface area contributed by atoms with E-state index in [0.717, 1.165) is 11.3 Å². The van der Waals surface area contributed by atoms with Gasteiger partial charge in [0.2, 0.25) is 6.23 Å². The topological polar surface area (TPSA) is 121 Å². The quantitative estimate of drug-likeness (QED) is 0.237. The van der Waals surface area contributed by atoms with Crippen LogP contribution in [0.25, 0.3) is 0 Å². The molecule has 0 spiro atoms. The number of nitrogens with two attached hydrogens (primary N) is 1. The van der Waals surface area contributed by atoms with Gasteiger partial charge in [-0.3, -0.25) is 15.4 Å². The van der Waals surface area contributed by atoms with Gasteiger partial charge >= 0.3 is 6.18 Å². The summed E-state index contributed by atoms with van der Waals surface area (Å²) in [4.78, 5) is 14.8. The van der Waals surface area contributed by atoms with E-state index in [1.807, 2.05) is 29.3 Å². The minimum Gasteiger partial charge on any atom is -0.385 e. The average Bonchev–Trinajstić information content (AvgIpc) is 2.83. The van der Waals surface area contributed by atoms with Gasteiger partial charge in [-0.25, -0.2) is 0 Å². The number of alkyl halides is 3. The number of ether oxygens (including phenoxy) is 2. The number of carbonyl (C=O) groups is 1. The van der Waals surface area contributed by atoms with Gasteiger partial charge in [0.05, 0.1) is 38.8 Å². The predicted octanol–water partition coefficient (Wildman–Crippen LogP) is 0.839. The van der Waals surface area contributed by atoms with Crippen LogP contribution < -0.4 is 21.7 Å². The predicted molar refractivity (Wildman–Crippen MR) is 122 cm³/mol. The molecular weight excluding hydrogens is 467 g/mol. The minimum absolute atomic E-state index is 0.0163. The first-order valence-corrected chi connectivity index (χ1v) is 11.3. The lowest BCUT2D eigenvalue weighted by Gasteiger charge is -2.36. The maximum Gasteiger partial charge on any atom is 0.428 e. The number of dihydropyridines is 1. The number of hydrogen-bond acceptors (Lipinski definition) is 8. The Labute approximate surface area is 202 Å². The number of hydrogen-bond donors (Lipinski definition) is 5. The highest BCUT2D eigenvalue weighted by atomic mass is 19.4. The van der Waals surface area contributed by atoms with Crippen LogP contribution in [0.3, 0.4) is 0 Å². The second kappa shape index (κ2) is 12.5. The molecule has 1 saturated heterocycles. The van der Waals surface area contributed by atoms with Crippen LogP contribution in [0.2, 0.25) is 0 Å². The van der Waals surface area contributed by atoms with Gasteiger partial charge in [-0.1, -0.05) is 30.3 Å². The number of carbonyl (C=O) groups excluding carboxylic acids is 1. The van der Waals surface area contributed by atoms with Crippen molar-refractivity contribution < 1.29 is 32.5 Å². The van der Waals surface area contributed by atoms with Crippen molar-refractivity contribution in [2.75, 3.05) is 39.6 Å². The summed E-state index contributed by atoms with van der Waals surface area (Å²) in [5.74, 6) is -0.0163. The number of aliphatic hydroxyl groups is 1. The van der Waals surface area contributed by atoms with E-state index in [0.29, 0.717) is 44.0 Å². The van der Waals surface area contributed by atoms with Crippen molar-refractivity contribution in [1.82, 2.24) is 20.9 Å². The van der Waals surface area contributed by atoms with Gasteiger partial charge in [0.25, 0.3) is 5.91 Å². The average molecular weight is 500 g/mol. The molecule has 1 aromatic carbocycles. The first-order chi connectivity index (χ1) is 16.6. The molecule has 0 bridgehead atoms. The summed E-state index contributed by atoms with van der Waals surface area (Å²) in [7, 11) is 0.